The summed E-state index contributed by atoms with van der Waals surface area (Å²) < 4.78 is 31.0. The Morgan fingerprint density at radius 1 is 1.00 bits per heavy atom. The average Bonchev–Trinajstić information content (AvgIpc) is 3.48. The Morgan fingerprint density at radius 3 is 2.38 bits per heavy atom. The normalized spacial score (nSPS) is 20.4. The largest absolute Gasteiger partial charge is 0.496 e. The highest BCUT2D eigenvalue weighted by Crippen LogP contribution is 2.32. The molecule has 8 nitrogen and oxygen atoms in total. The second-order valence-electron chi connectivity index (χ2n) is 8.76. The van der Waals surface area contributed by atoms with Crippen LogP contribution in [0.2, 0.25) is 0 Å². The van der Waals surface area contributed by atoms with Crippen molar-refractivity contribution < 1.29 is 17.9 Å². The summed E-state index contributed by atoms with van der Waals surface area (Å²) in [5.41, 5.74) is 2.73. The molecule has 0 radical (unpaired) electrons. The molecular formula is C25H28N4O4S. The van der Waals surface area contributed by atoms with E-state index in [1.54, 1.807) is 18.0 Å². The number of rotatable bonds is 5. The van der Waals surface area contributed by atoms with Gasteiger partial charge in [-0.1, -0.05) is 30.3 Å². The Bertz CT molecular complexity index is 1280. The fourth-order valence-electron chi connectivity index (χ4n) is 4.81. The lowest BCUT2D eigenvalue weighted by Crippen LogP contribution is -2.52. The number of ether oxygens (including phenoxy) is 1. The van der Waals surface area contributed by atoms with Crippen LogP contribution >= 0.6 is 0 Å². The van der Waals surface area contributed by atoms with Crippen molar-refractivity contribution >= 4 is 15.7 Å². The highest BCUT2D eigenvalue weighted by atomic mass is 32.2. The van der Waals surface area contributed by atoms with Gasteiger partial charge in [-0.15, -0.1) is 0 Å². The predicted octanol–water partition coefficient (Wildman–Crippen LogP) is 2.49. The maximum atomic E-state index is 13.7. The molecule has 2 aliphatic heterocycles. The summed E-state index contributed by atoms with van der Waals surface area (Å²) in [7, 11) is -1.32. The number of hydrogen-bond acceptors (Lipinski definition) is 6. The van der Waals surface area contributed by atoms with Crippen LogP contribution in [0.4, 0.5) is 0 Å². The van der Waals surface area contributed by atoms with Crippen molar-refractivity contribution in [3.8, 4) is 22.7 Å². The first kappa shape index (κ1) is 22.6. The van der Waals surface area contributed by atoms with E-state index in [-0.39, 0.29) is 23.5 Å². The maximum absolute atomic E-state index is 13.7. The zero-order chi connectivity index (χ0) is 23.7. The number of nitrogens with zero attached hydrogens (tertiary/aromatic N) is 4. The van der Waals surface area contributed by atoms with E-state index in [2.05, 4.69) is 4.90 Å². The molecule has 2 fully saturated rings. The van der Waals surface area contributed by atoms with E-state index >= 15 is 0 Å². The Kier molecular flexibility index (Phi) is 6.14. The van der Waals surface area contributed by atoms with Gasteiger partial charge in [-0.3, -0.25) is 9.69 Å². The molecule has 2 aliphatic rings. The van der Waals surface area contributed by atoms with Gasteiger partial charge in [-0.25, -0.2) is 13.1 Å². The van der Waals surface area contributed by atoms with Gasteiger partial charge in [-0.2, -0.15) is 5.10 Å². The molecule has 0 saturated carbocycles. The second-order valence-corrected chi connectivity index (χ2v) is 11.0. The van der Waals surface area contributed by atoms with Gasteiger partial charge in [0.15, 0.2) is 9.84 Å². The van der Waals surface area contributed by atoms with Crippen molar-refractivity contribution in [3.05, 3.63) is 66.4 Å². The fourth-order valence-corrected chi connectivity index (χ4v) is 6.57. The number of amides is 1. The highest BCUT2D eigenvalue weighted by Gasteiger charge is 2.35. The first-order chi connectivity index (χ1) is 16.4. The summed E-state index contributed by atoms with van der Waals surface area (Å²) in [6.07, 6.45) is 2.47. The molecule has 3 heterocycles. The van der Waals surface area contributed by atoms with Gasteiger partial charge in [0.2, 0.25) is 0 Å². The van der Waals surface area contributed by atoms with Crippen LogP contribution in [-0.4, -0.2) is 84.7 Å². The molecular weight excluding hydrogens is 452 g/mol. The van der Waals surface area contributed by atoms with Crippen LogP contribution in [0.5, 0.6) is 5.75 Å². The van der Waals surface area contributed by atoms with Gasteiger partial charge in [0, 0.05) is 44.0 Å². The molecule has 34 heavy (non-hydrogen) atoms. The Hall–Kier alpha value is -3.17. The second kappa shape index (κ2) is 9.23. The van der Waals surface area contributed by atoms with Crippen LogP contribution in [0.1, 0.15) is 16.8 Å². The van der Waals surface area contributed by atoms with Crippen molar-refractivity contribution in [3.63, 3.8) is 0 Å². The molecule has 0 unspecified atom stereocenters. The van der Waals surface area contributed by atoms with Gasteiger partial charge in [0.1, 0.15) is 11.4 Å². The first-order valence-electron chi connectivity index (χ1n) is 11.5. The molecule has 9 heteroatoms. The third kappa shape index (κ3) is 4.45. The van der Waals surface area contributed by atoms with E-state index in [9.17, 15) is 13.2 Å². The highest BCUT2D eigenvalue weighted by molar-refractivity contribution is 7.91. The number of aromatic nitrogens is 2. The topological polar surface area (TPSA) is 84.7 Å². The fraction of sp³-hybridized carbons (Fsp3) is 0.360. The van der Waals surface area contributed by atoms with Gasteiger partial charge >= 0.3 is 0 Å². The SMILES string of the molecule is COc1ccccc1-c1nn(-c2ccccc2)cc1C(=O)N1CCN([C@H]2CCS(=O)(=O)C2)CC1. The van der Waals surface area contributed by atoms with E-state index in [0.717, 1.165) is 11.3 Å². The first-order valence-corrected chi connectivity index (χ1v) is 13.3. The van der Waals surface area contributed by atoms with Gasteiger partial charge in [0.25, 0.3) is 5.91 Å². The van der Waals surface area contributed by atoms with E-state index in [1.807, 2.05) is 59.5 Å². The summed E-state index contributed by atoms with van der Waals surface area (Å²) in [4.78, 5) is 17.7. The number of carbonyl (C=O) groups excluding carboxylic acids is 1. The Labute approximate surface area is 199 Å². The van der Waals surface area contributed by atoms with E-state index in [1.165, 1.54) is 0 Å². The van der Waals surface area contributed by atoms with E-state index in [4.69, 9.17) is 9.84 Å². The molecule has 2 aromatic carbocycles. The number of sulfone groups is 1. The van der Waals surface area contributed by atoms with Crippen molar-refractivity contribution in [2.24, 2.45) is 0 Å². The molecule has 1 amide bonds. The van der Waals surface area contributed by atoms with Crippen molar-refractivity contribution in [1.29, 1.82) is 0 Å². The monoisotopic (exact) mass is 480 g/mol. The summed E-state index contributed by atoms with van der Waals surface area (Å²) in [6, 6.07) is 17.3. The minimum atomic E-state index is -2.93. The summed E-state index contributed by atoms with van der Waals surface area (Å²) in [5, 5.41) is 4.78. The Morgan fingerprint density at radius 2 is 1.71 bits per heavy atom. The van der Waals surface area contributed by atoms with Gasteiger partial charge < -0.3 is 9.64 Å². The van der Waals surface area contributed by atoms with Gasteiger partial charge in [0.05, 0.1) is 29.9 Å². The van der Waals surface area contributed by atoms with Crippen molar-refractivity contribution in [1.82, 2.24) is 19.6 Å². The Balaban J connectivity index is 1.42. The molecule has 1 aromatic heterocycles. The number of carbonyl (C=O) groups is 1. The zero-order valence-electron chi connectivity index (χ0n) is 19.1. The van der Waals surface area contributed by atoms with Crippen LogP contribution in [0.25, 0.3) is 16.9 Å². The van der Waals surface area contributed by atoms with Crippen LogP contribution in [-0.2, 0) is 9.84 Å². The predicted molar refractivity (Wildman–Crippen MR) is 130 cm³/mol. The molecule has 0 N–H and O–H groups in total. The summed E-state index contributed by atoms with van der Waals surface area (Å²) in [6.45, 7) is 2.44. The minimum absolute atomic E-state index is 0.0622. The summed E-state index contributed by atoms with van der Waals surface area (Å²) in [5.74, 6) is 1.06. The number of benzene rings is 2. The third-order valence-corrected chi connectivity index (χ3v) is 8.40. The lowest BCUT2D eigenvalue weighted by atomic mass is 10.1. The van der Waals surface area contributed by atoms with Crippen molar-refractivity contribution in [2.75, 3.05) is 44.8 Å². The van der Waals surface area contributed by atoms with E-state index in [0.29, 0.717) is 49.6 Å². The number of para-hydroxylation sites is 2. The summed E-state index contributed by atoms with van der Waals surface area (Å²) >= 11 is 0. The minimum Gasteiger partial charge on any atom is -0.496 e. The molecule has 0 bridgehead atoms. The lowest BCUT2D eigenvalue weighted by molar-refractivity contribution is 0.0588. The van der Waals surface area contributed by atoms with Crippen LogP contribution in [0, 0.1) is 0 Å². The van der Waals surface area contributed by atoms with Gasteiger partial charge in [-0.05, 0) is 30.7 Å². The number of hydrogen-bond donors (Lipinski definition) is 0. The molecule has 3 aromatic rings. The lowest BCUT2D eigenvalue weighted by Gasteiger charge is -2.37. The number of piperazine rings is 1. The smallest absolute Gasteiger partial charge is 0.257 e. The molecule has 178 valence electrons. The average molecular weight is 481 g/mol. The van der Waals surface area contributed by atoms with Crippen molar-refractivity contribution in [2.45, 2.75) is 12.5 Å². The molecule has 2 saturated heterocycles. The standard InChI is InChI=1S/C25H28N4O4S/c1-33-23-10-6-5-9-21(23)24-22(17-29(26-24)19-7-3-2-4-8-19)25(30)28-14-12-27(13-15-28)20-11-16-34(31,32)18-20/h2-10,17,20H,11-16,18H2,1H3/t20-/m0/s1. The quantitative estimate of drug-likeness (QED) is 0.558. The molecule has 1 atom stereocenters. The van der Waals surface area contributed by atoms with E-state index < -0.39 is 9.84 Å². The molecule has 0 aliphatic carbocycles. The van der Waals surface area contributed by atoms with Crippen LogP contribution < -0.4 is 4.74 Å². The molecule has 5 rings (SSSR count). The van der Waals surface area contributed by atoms with Crippen LogP contribution in [0.3, 0.4) is 0 Å². The maximum Gasteiger partial charge on any atom is 0.257 e. The zero-order valence-corrected chi connectivity index (χ0v) is 19.9. The third-order valence-electron chi connectivity index (χ3n) is 6.65. The van der Waals surface area contributed by atoms with Crippen LogP contribution in [0.15, 0.2) is 60.8 Å². The molecule has 0 spiro atoms. The number of methoxy groups -OCH3 is 1.